The molecule has 1 aliphatic rings. The Morgan fingerprint density at radius 1 is 1.56 bits per heavy atom. The number of nitrogens with zero attached hydrogens (tertiary/aromatic N) is 1. The van der Waals surface area contributed by atoms with Gasteiger partial charge in [-0.25, -0.2) is 0 Å². The number of hydrogen-bond acceptors (Lipinski definition) is 2. The number of benzene rings is 1. The number of aliphatic hydroxyl groups excluding tert-OH is 1. The normalized spacial score (nSPS) is 19.3. The van der Waals surface area contributed by atoms with Crippen LogP contribution in [0, 0.1) is 6.92 Å². The largest absolute Gasteiger partial charge is 0.396 e. The molecule has 1 saturated heterocycles. The molecule has 1 aliphatic heterocycles. The van der Waals surface area contributed by atoms with Crippen molar-refractivity contribution < 1.29 is 9.90 Å². The van der Waals surface area contributed by atoms with Crippen LogP contribution in [-0.2, 0) is 0 Å². The van der Waals surface area contributed by atoms with Crippen molar-refractivity contribution in [1.82, 2.24) is 4.90 Å². The molecule has 1 atom stereocenters. The van der Waals surface area contributed by atoms with Gasteiger partial charge in [0.2, 0.25) is 0 Å². The first-order chi connectivity index (χ1) is 8.63. The minimum Gasteiger partial charge on any atom is -0.396 e. The van der Waals surface area contributed by atoms with E-state index in [4.69, 9.17) is 5.11 Å². The quantitative estimate of drug-likeness (QED) is 0.932. The van der Waals surface area contributed by atoms with E-state index in [2.05, 4.69) is 15.9 Å². The summed E-state index contributed by atoms with van der Waals surface area (Å²) in [4.78, 5) is 14.3. The zero-order valence-electron chi connectivity index (χ0n) is 10.5. The van der Waals surface area contributed by atoms with Crippen LogP contribution in [0.15, 0.2) is 22.7 Å². The summed E-state index contributed by atoms with van der Waals surface area (Å²) >= 11 is 3.44. The van der Waals surface area contributed by atoms with Crippen LogP contribution in [0.3, 0.4) is 0 Å². The highest BCUT2D eigenvalue weighted by molar-refractivity contribution is 9.10. The summed E-state index contributed by atoms with van der Waals surface area (Å²) in [5.74, 6) is 0.0848. The molecule has 1 fully saturated rings. The summed E-state index contributed by atoms with van der Waals surface area (Å²) in [5.41, 5.74) is 1.80. The number of likely N-dealkylation sites (tertiary alicyclic amines) is 1. The zero-order chi connectivity index (χ0) is 13.1. The second-order valence-corrected chi connectivity index (χ2v) is 5.63. The lowest BCUT2D eigenvalue weighted by atomic mass is 10.1. The first-order valence-electron chi connectivity index (χ1n) is 6.31. The molecule has 1 heterocycles. The van der Waals surface area contributed by atoms with Gasteiger partial charge >= 0.3 is 0 Å². The van der Waals surface area contributed by atoms with Crippen molar-refractivity contribution in [1.29, 1.82) is 0 Å². The van der Waals surface area contributed by atoms with Crippen molar-refractivity contribution in [3.05, 3.63) is 33.8 Å². The van der Waals surface area contributed by atoms with Gasteiger partial charge in [-0.05, 0) is 49.9 Å². The molecule has 3 nitrogen and oxygen atoms in total. The van der Waals surface area contributed by atoms with E-state index in [1.54, 1.807) is 0 Å². The van der Waals surface area contributed by atoms with Crippen molar-refractivity contribution in [2.75, 3.05) is 13.2 Å². The zero-order valence-corrected chi connectivity index (χ0v) is 12.1. The number of aryl methyl sites for hydroxylation is 1. The summed E-state index contributed by atoms with van der Waals surface area (Å²) in [6.07, 6.45) is 2.72. The smallest absolute Gasteiger partial charge is 0.254 e. The first-order valence-corrected chi connectivity index (χ1v) is 7.10. The molecular formula is C14H18BrNO2. The molecule has 1 amide bonds. The van der Waals surface area contributed by atoms with Crippen molar-refractivity contribution >= 4 is 21.8 Å². The second kappa shape index (κ2) is 5.85. The number of rotatable bonds is 3. The second-order valence-electron chi connectivity index (χ2n) is 4.77. The molecule has 1 N–H and O–H groups in total. The molecule has 0 spiro atoms. The monoisotopic (exact) mass is 311 g/mol. The van der Waals surface area contributed by atoms with E-state index in [0.29, 0.717) is 6.42 Å². The van der Waals surface area contributed by atoms with Crippen molar-refractivity contribution in [3.63, 3.8) is 0 Å². The summed E-state index contributed by atoms with van der Waals surface area (Å²) in [5, 5.41) is 9.03. The SMILES string of the molecule is Cc1cc(C(=O)N2CCCC2CCO)ccc1Br. The van der Waals surface area contributed by atoms with Gasteiger partial charge in [0.05, 0.1) is 0 Å². The Morgan fingerprint density at radius 2 is 2.33 bits per heavy atom. The molecule has 0 bridgehead atoms. The highest BCUT2D eigenvalue weighted by Gasteiger charge is 2.28. The standard InChI is InChI=1S/C14H18BrNO2/c1-10-9-11(4-5-13(10)15)14(18)16-7-2-3-12(16)6-8-17/h4-5,9,12,17H,2-3,6-8H2,1H3. The number of carbonyl (C=O) groups excluding carboxylic acids is 1. The van der Waals surface area contributed by atoms with Crippen LogP contribution in [0.2, 0.25) is 0 Å². The van der Waals surface area contributed by atoms with Gasteiger partial charge in [0.1, 0.15) is 0 Å². The van der Waals surface area contributed by atoms with E-state index in [0.717, 1.165) is 35.0 Å². The molecule has 2 rings (SSSR count). The van der Waals surface area contributed by atoms with Gasteiger partial charge in [-0.2, -0.15) is 0 Å². The van der Waals surface area contributed by atoms with Gasteiger partial charge in [-0.15, -0.1) is 0 Å². The Balaban J connectivity index is 2.17. The van der Waals surface area contributed by atoms with E-state index in [1.165, 1.54) is 0 Å². The fraction of sp³-hybridized carbons (Fsp3) is 0.500. The molecule has 18 heavy (non-hydrogen) atoms. The first kappa shape index (κ1) is 13.6. The van der Waals surface area contributed by atoms with Gasteiger partial charge in [0, 0.05) is 29.2 Å². The Bertz CT molecular complexity index is 447. The lowest BCUT2D eigenvalue weighted by Gasteiger charge is -2.24. The highest BCUT2D eigenvalue weighted by Crippen LogP contribution is 2.24. The van der Waals surface area contributed by atoms with E-state index in [9.17, 15) is 4.79 Å². The van der Waals surface area contributed by atoms with Gasteiger partial charge in [0.15, 0.2) is 0 Å². The molecule has 1 unspecified atom stereocenters. The van der Waals surface area contributed by atoms with Crippen LogP contribution in [0.5, 0.6) is 0 Å². The maximum Gasteiger partial charge on any atom is 0.254 e. The molecule has 0 aromatic heterocycles. The van der Waals surface area contributed by atoms with Crippen molar-refractivity contribution in [3.8, 4) is 0 Å². The predicted molar refractivity (Wildman–Crippen MR) is 74.6 cm³/mol. The minimum atomic E-state index is 0.0848. The van der Waals surface area contributed by atoms with Crippen molar-refractivity contribution in [2.45, 2.75) is 32.2 Å². The number of carbonyl (C=O) groups is 1. The van der Waals surface area contributed by atoms with E-state index in [-0.39, 0.29) is 18.6 Å². The topological polar surface area (TPSA) is 40.5 Å². The number of aliphatic hydroxyl groups is 1. The average Bonchev–Trinajstić information content (AvgIpc) is 2.80. The molecular weight excluding hydrogens is 294 g/mol. The van der Waals surface area contributed by atoms with Crippen LogP contribution in [-0.4, -0.2) is 35.1 Å². The molecule has 1 aromatic carbocycles. The maximum absolute atomic E-state index is 12.4. The molecule has 1 aromatic rings. The molecule has 4 heteroatoms. The predicted octanol–water partition coefficient (Wildman–Crippen LogP) is 2.74. The highest BCUT2D eigenvalue weighted by atomic mass is 79.9. The van der Waals surface area contributed by atoms with Crippen LogP contribution in [0.25, 0.3) is 0 Å². The number of hydrogen-bond donors (Lipinski definition) is 1. The van der Waals surface area contributed by atoms with Crippen molar-refractivity contribution in [2.24, 2.45) is 0 Å². The molecule has 0 aliphatic carbocycles. The molecule has 0 saturated carbocycles. The van der Waals surface area contributed by atoms with Crippen LogP contribution in [0.1, 0.15) is 35.2 Å². The third-order valence-electron chi connectivity index (χ3n) is 3.51. The molecule has 98 valence electrons. The maximum atomic E-state index is 12.4. The number of halogens is 1. The molecule has 0 radical (unpaired) electrons. The van der Waals surface area contributed by atoms with E-state index >= 15 is 0 Å². The van der Waals surface area contributed by atoms with Crippen LogP contribution >= 0.6 is 15.9 Å². The Hall–Kier alpha value is -0.870. The fourth-order valence-electron chi connectivity index (χ4n) is 2.50. The van der Waals surface area contributed by atoms with Crippen LogP contribution < -0.4 is 0 Å². The third-order valence-corrected chi connectivity index (χ3v) is 4.39. The van der Waals surface area contributed by atoms with Gasteiger partial charge < -0.3 is 10.0 Å². The summed E-state index contributed by atoms with van der Waals surface area (Å²) < 4.78 is 1.02. The summed E-state index contributed by atoms with van der Waals surface area (Å²) in [7, 11) is 0. The lowest BCUT2D eigenvalue weighted by molar-refractivity contribution is 0.0716. The Morgan fingerprint density at radius 3 is 3.00 bits per heavy atom. The van der Waals surface area contributed by atoms with Crippen LogP contribution in [0.4, 0.5) is 0 Å². The minimum absolute atomic E-state index is 0.0848. The van der Waals surface area contributed by atoms with E-state index < -0.39 is 0 Å². The summed E-state index contributed by atoms with van der Waals surface area (Å²) in [6, 6.07) is 5.89. The lowest BCUT2D eigenvalue weighted by Crippen LogP contribution is -2.36. The van der Waals surface area contributed by atoms with Gasteiger partial charge in [-0.1, -0.05) is 15.9 Å². The Kier molecular flexibility index (Phi) is 4.40. The van der Waals surface area contributed by atoms with Gasteiger partial charge in [-0.3, -0.25) is 4.79 Å². The average molecular weight is 312 g/mol. The van der Waals surface area contributed by atoms with E-state index in [1.807, 2.05) is 30.0 Å². The summed E-state index contributed by atoms with van der Waals surface area (Å²) in [6.45, 7) is 2.93. The fourth-order valence-corrected chi connectivity index (χ4v) is 2.74. The Labute approximate surface area is 116 Å². The van der Waals surface area contributed by atoms with Gasteiger partial charge in [0.25, 0.3) is 5.91 Å². The third kappa shape index (κ3) is 2.75. The number of amides is 1.